The number of rotatable bonds is 6. The van der Waals surface area contributed by atoms with Crippen molar-refractivity contribution in [1.29, 1.82) is 0 Å². The van der Waals surface area contributed by atoms with Crippen LogP contribution in [0.1, 0.15) is 25.7 Å². The van der Waals surface area contributed by atoms with E-state index in [9.17, 15) is 4.79 Å². The first-order valence-corrected chi connectivity index (χ1v) is 10.5. The zero-order valence-electron chi connectivity index (χ0n) is 14.1. The maximum atomic E-state index is 11.7. The van der Waals surface area contributed by atoms with Crippen molar-refractivity contribution in [3.05, 3.63) is 29.3 Å². The third-order valence-electron chi connectivity index (χ3n) is 5.03. The third kappa shape index (κ3) is 4.38. The van der Waals surface area contributed by atoms with Crippen molar-refractivity contribution in [3.8, 4) is 0 Å². The number of carbonyl (C=O) groups excluding carboxylic acids is 1. The van der Waals surface area contributed by atoms with Gasteiger partial charge in [0.1, 0.15) is 0 Å². The molecule has 2 atom stereocenters. The predicted molar refractivity (Wildman–Crippen MR) is 103 cm³/mol. The van der Waals surface area contributed by atoms with Gasteiger partial charge in [0.05, 0.1) is 16.5 Å². The number of piperidine rings is 1. The number of hydrogen-bond acceptors (Lipinski definition) is 4. The summed E-state index contributed by atoms with van der Waals surface area (Å²) >= 11 is 7.88. The highest BCUT2D eigenvalue weighted by Gasteiger charge is 2.34. The van der Waals surface area contributed by atoms with Gasteiger partial charge >= 0.3 is 0 Å². The van der Waals surface area contributed by atoms with E-state index in [1.165, 1.54) is 0 Å². The van der Waals surface area contributed by atoms with Crippen LogP contribution in [0.15, 0.2) is 24.3 Å². The van der Waals surface area contributed by atoms with Crippen molar-refractivity contribution in [2.24, 2.45) is 0 Å². The number of para-hydroxylation sites is 1. The number of nitrogens with zero attached hydrogens (tertiary/aromatic N) is 1. The van der Waals surface area contributed by atoms with Crippen LogP contribution in [0.4, 0.5) is 5.69 Å². The van der Waals surface area contributed by atoms with Crippen molar-refractivity contribution in [3.63, 3.8) is 0 Å². The van der Waals surface area contributed by atoms with Gasteiger partial charge in [-0.15, -0.1) is 0 Å². The number of carbonyl (C=O) groups is 1. The van der Waals surface area contributed by atoms with Crippen LogP contribution in [-0.2, 0) is 4.79 Å². The number of nitrogens with one attached hydrogen (secondary N) is 2. The first-order chi connectivity index (χ1) is 11.7. The first kappa shape index (κ1) is 17.9. The molecule has 0 unspecified atom stereocenters. The van der Waals surface area contributed by atoms with Crippen molar-refractivity contribution in [1.82, 2.24) is 10.6 Å². The minimum absolute atomic E-state index is 0.160. The number of thioether (sulfide) groups is 1. The lowest BCUT2D eigenvalue weighted by Gasteiger charge is -2.42. The number of hydrogen-bond donors (Lipinski definition) is 2. The van der Waals surface area contributed by atoms with Crippen LogP contribution in [0.2, 0.25) is 5.02 Å². The Balaban J connectivity index is 1.44. The van der Waals surface area contributed by atoms with Crippen LogP contribution in [0, 0.1) is 0 Å². The first-order valence-electron chi connectivity index (χ1n) is 8.71. The summed E-state index contributed by atoms with van der Waals surface area (Å²) in [5.41, 5.74) is 1.14. The standard InChI is InChI=1S/C18H26ClN3OS/c1-24-12-18(23)21-16-7-6-15(16)20-13-8-10-22(11-9-13)17-5-3-2-4-14(17)19/h2-5,13,15-16,20H,6-12H2,1H3,(H,21,23)/t15-,16+/m1/s1. The monoisotopic (exact) mass is 367 g/mol. The number of benzene rings is 1. The van der Waals surface area contributed by atoms with Crippen LogP contribution < -0.4 is 15.5 Å². The molecule has 4 nitrogen and oxygen atoms in total. The summed E-state index contributed by atoms with van der Waals surface area (Å²) in [6, 6.07) is 9.36. The highest BCUT2D eigenvalue weighted by Crippen LogP contribution is 2.29. The molecule has 0 radical (unpaired) electrons. The Morgan fingerprint density at radius 2 is 1.92 bits per heavy atom. The van der Waals surface area contributed by atoms with E-state index in [-0.39, 0.29) is 5.91 Å². The van der Waals surface area contributed by atoms with Gasteiger partial charge in [-0.25, -0.2) is 0 Å². The zero-order valence-corrected chi connectivity index (χ0v) is 15.7. The van der Waals surface area contributed by atoms with E-state index in [2.05, 4.69) is 21.6 Å². The number of halogens is 1. The molecule has 1 saturated heterocycles. The van der Waals surface area contributed by atoms with E-state index in [1.54, 1.807) is 11.8 Å². The normalized spacial score (nSPS) is 24.5. The highest BCUT2D eigenvalue weighted by molar-refractivity contribution is 7.99. The molecule has 0 spiro atoms. The molecule has 2 fully saturated rings. The van der Waals surface area contributed by atoms with E-state index < -0.39 is 0 Å². The Kier molecular flexibility index (Phi) is 6.31. The molecule has 1 aliphatic heterocycles. The second-order valence-corrected chi connectivity index (χ2v) is 7.94. The van der Waals surface area contributed by atoms with Gasteiger partial charge in [-0.3, -0.25) is 4.79 Å². The Bertz CT molecular complexity index is 563. The van der Waals surface area contributed by atoms with E-state index in [0.717, 1.165) is 49.5 Å². The van der Waals surface area contributed by atoms with E-state index in [0.29, 0.717) is 23.9 Å². The molecule has 0 aromatic heterocycles. The number of amides is 1. The van der Waals surface area contributed by atoms with Gasteiger partial charge < -0.3 is 15.5 Å². The van der Waals surface area contributed by atoms with Gasteiger partial charge in [-0.2, -0.15) is 11.8 Å². The van der Waals surface area contributed by atoms with E-state index in [4.69, 9.17) is 11.6 Å². The Morgan fingerprint density at radius 3 is 2.54 bits per heavy atom. The molecule has 2 N–H and O–H groups in total. The molecule has 24 heavy (non-hydrogen) atoms. The molecule has 1 amide bonds. The van der Waals surface area contributed by atoms with Gasteiger partial charge in [0.25, 0.3) is 0 Å². The van der Waals surface area contributed by atoms with Crippen LogP contribution in [0.25, 0.3) is 0 Å². The molecular formula is C18H26ClN3OS. The SMILES string of the molecule is CSCC(=O)N[C@H]1CC[C@H]1NC1CCN(c2ccccc2Cl)CC1. The summed E-state index contributed by atoms with van der Waals surface area (Å²) in [6.45, 7) is 2.05. The predicted octanol–water partition coefficient (Wildman–Crippen LogP) is 2.91. The van der Waals surface area contributed by atoms with Gasteiger partial charge in [0.2, 0.25) is 5.91 Å². The molecule has 1 heterocycles. The molecule has 0 bridgehead atoms. The lowest BCUT2D eigenvalue weighted by atomic mass is 9.85. The molecule has 6 heteroatoms. The summed E-state index contributed by atoms with van der Waals surface area (Å²) < 4.78 is 0. The van der Waals surface area contributed by atoms with Crippen molar-refractivity contribution in [2.45, 2.75) is 43.8 Å². The van der Waals surface area contributed by atoms with Crippen LogP contribution in [0.5, 0.6) is 0 Å². The van der Waals surface area contributed by atoms with Gasteiger partial charge in [-0.1, -0.05) is 23.7 Å². The van der Waals surface area contributed by atoms with E-state index in [1.807, 2.05) is 24.5 Å². The molecule has 1 saturated carbocycles. The fourth-order valence-corrected chi connectivity index (χ4v) is 4.15. The molecule has 2 aliphatic rings. The van der Waals surface area contributed by atoms with Gasteiger partial charge in [0.15, 0.2) is 0 Å². The van der Waals surface area contributed by atoms with Crippen LogP contribution in [0.3, 0.4) is 0 Å². The highest BCUT2D eigenvalue weighted by atomic mass is 35.5. The fourth-order valence-electron chi connectivity index (χ4n) is 3.55. The van der Waals surface area contributed by atoms with Crippen LogP contribution >= 0.6 is 23.4 Å². The molecule has 1 aliphatic carbocycles. The van der Waals surface area contributed by atoms with Gasteiger partial charge in [-0.05, 0) is 44.1 Å². The largest absolute Gasteiger partial charge is 0.370 e. The Morgan fingerprint density at radius 1 is 1.21 bits per heavy atom. The summed E-state index contributed by atoms with van der Waals surface area (Å²) in [5, 5.41) is 7.74. The maximum Gasteiger partial charge on any atom is 0.230 e. The van der Waals surface area contributed by atoms with Crippen molar-refractivity contribution < 1.29 is 4.79 Å². The minimum atomic E-state index is 0.160. The average molecular weight is 368 g/mol. The smallest absolute Gasteiger partial charge is 0.230 e. The molecular weight excluding hydrogens is 342 g/mol. The lowest BCUT2D eigenvalue weighted by molar-refractivity contribution is -0.120. The van der Waals surface area contributed by atoms with E-state index >= 15 is 0 Å². The second kappa shape index (κ2) is 8.45. The average Bonchev–Trinajstić information content (AvgIpc) is 2.58. The van der Waals surface area contributed by atoms with Gasteiger partial charge in [0, 0.05) is 31.2 Å². The zero-order chi connectivity index (χ0) is 16.9. The van der Waals surface area contributed by atoms with Crippen molar-refractivity contribution in [2.75, 3.05) is 30.0 Å². The summed E-state index contributed by atoms with van der Waals surface area (Å²) in [7, 11) is 0. The lowest BCUT2D eigenvalue weighted by Crippen LogP contribution is -2.60. The fraction of sp³-hybridized carbons (Fsp3) is 0.611. The Labute approximate surface area is 153 Å². The minimum Gasteiger partial charge on any atom is -0.370 e. The molecule has 1 aromatic rings. The Hall–Kier alpha value is -0.910. The summed E-state index contributed by atoms with van der Waals surface area (Å²) in [5.74, 6) is 0.715. The quantitative estimate of drug-likeness (QED) is 0.811. The summed E-state index contributed by atoms with van der Waals surface area (Å²) in [4.78, 5) is 14.1. The molecule has 3 rings (SSSR count). The second-order valence-electron chi connectivity index (χ2n) is 6.67. The number of anilines is 1. The topological polar surface area (TPSA) is 44.4 Å². The molecule has 1 aromatic carbocycles. The summed E-state index contributed by atoms with van der Waals surface area (Å²) in [6.07, 6.45) is 6.45. The van der Waals surface area contributed by atoms with Crippen LogP contribution in [-0.4, -0.2) is 49.1 Å². The van der Waals surface area contributed by atoms with Crippen molar-refractivity contribution >= 4 is 35.0 Å². The molecule has 132 valence electrons. The third-order valence-corrected chi connectivity index (χ3v) is 5.90. The maximum absolute atomic E-state index is 11.7.